The van der Waals surface area contributed by atoms with E-state index in [1.54, 1.807) is 0 Å². The van der Waals surface area contributed by atoms with Gasteiger partial charge in [0.05, 0.1) is 0 Å². The Bertz CT molecular complexity index is 193. The molecule has 1 nitrogen and oxygen atoms in total. The molecule has 1 heteroatoms. The van der Waals surface area contributed by atoms with Gasteiger partial charge in [0.1, 0.15) is 6.29 Å². The van der Waals surface area contributed by atoms with Crippen molar-refractivity contribution in [3.8, 4) is 0 Å². The molecule has 0 fully saturated rings. The number of hydrogen-bond donors (Lipinski definition) is 0. The third-order valence-electron chi connectivity index (χ3n) is 3.17. The van der Waals surface area contributed by atoms with Gasteiger partial charge in [0, 0.05) is 5.41 Å². The third-order valence-corrected chi connectivity index (χ3v) is 3.17. The van der Waals surface area contributed by atoms with Crippen LogP contribution in [0.25, 0.3) is 0 Å². The summed E-state index contributed by atoms with van der Waals surface area (Å²) in [5, 5.41) is 0. The summed E-state index contributed by atoms with van der Waals surface area (Å²) in [5.74, 6) is 0.505. The van der Waals surface area contributed by atoms with E-state index in [-0.39, 0.29) is 5.41 Å². The van der Waals surface area contributed by atoms with Gasteiger partial charge in [-0.05, 0) is 32.6 Å². The molecule has 2 atom stereocenters. The lowest BCUT2D eigenvalue weighted by Crippen LogP contribution is -2.30. The Hall–Kier alpha value is -0.590. The van der Waals surface area contributed by atoms with Crippen LogP contribution < -0.4 is 0 Å². The standard InChI is InChI=1S/C10H16O/c1-8-5-4-6-9(2)10(8,3)7-11/h5,7,9H,4,6H2,1-3H3/t9-,10-/m1/s1. The van der Waals surface area contributed by atoms with Crippen molar-refractivity contribution in [2.45, 2.75) is 33.6 Å². The number of carbonyl (C=O) groups excluding carboxylic acids is 1. The fraction of sp³-hybridized carbons (Fsp3) is 0.700. The fourth-order valence-electron chi connectivity index (χ4n) is 1.67. The van der Waals surface area contributed by atoms with Crippen LogP contribution in [0.15, 0.2) is 11.6 Å². The monoisotopic (exact) mass is 152 g/mol. The molecule has 1 aliphatic rings. The highest BCUT2D eigenvalue weighted by atomic mass is 16.1. The van der Waals surface area contributed by atoms with E-state index in [0.29, 0.717) is 5.92 Å². The summed E-state index contributed by atoms with van der Waals surface area (Å²) >= 11 is 0. The molecule has 0 unspecified atom stereocenters. The average Bonchev–Trinajstić information content (AvgIpc) is 2.00. The lowest BCUT2D eigenvalue weighted by Gasteiger charge is -2.34. The number of rotatable bonds is 1. The number of allylic oxidation sites excluding steroid dienone is 2. The van der Waals surface area contributed by atoms with Crippen molar-refractivity contribution in [1.29, 1.82) is 0 Å². The molecule has 1 rings (SSSR count). The van der Waals surface area contributed by atoms with Gasteiger partial charge in [-0.2, -0.15) is 0 Å². The van der Waals surface area contributed by atoms with E-state index >= 15 is 0 Å². The Morgan fingerprint density at radius 2 is 2.36 bits per heavy atom. The van der Waals surface area contributed by atoms with Crippen molar-refractivity contribution in [1.82, 2.24) is 0 Å². The maximum absolute atomic E-state index is 10.9. The molecule has 0 radical (unpaired) electrons. The van der Waals surface area contributed by atoms with E-state index in [4.69, 9.17) is 0 Å². The largest absolute Gasteiger partial charge is 0.302 e. The van der Waals surface area contributed by atoms with E-state index in [1.165, 1.54) is 5.57 Å². The zero-order chi connectivity index (χ0) is 8.48. The Balaban J connectivity index is 2.96. The average molecular weight is 152 g/mol. The summed E-state index contributed by atoms with van der Waals surface area (Å²) in [6.45, 7) is 6.25. The van der Waals surface area contributed by atoms with Gasteiger partial charge in [-0.15, -0.1) is 0 Å². The smallest absolute Gasteiger partial charge is 0.130 e. The SMILES string of the molecule is CC1=CCC[C@@H](C)[C@]1(C)C=O. The second kappa shape index (κ2) is 2.80. The van der Waals surface area contributed by atoms with Crippen molar-refractivity contribution in [3.63, 3.8) is 0 Å². The van der Waals surface area contributed by atoms with Crippen LogP contribution in [0.2, 0.25) is 0 Å². The first kappa shape index (κ1) is 8.51. The predicted molar refractivity (Wildman–Crippen MR) is 46.3 cm³/mol. The zero-order valence-electron chi connectivity index (χ0n) is 7.55. The van der Waals surface area contributed by atoms with Gasteiger partial charge in [-0.1, -0.05) is 18.6 Å². The van der Waals surface area contributed by atoms with Crippen molar-refractivity contribution in [2.24, 2.45) is 11.3 Å². The highest BCUT2D eigenvalue weighted by Crippen LogP contribution is 2.39. The Kier molecular flexibility index (Phi) is 2.17. The second-order valence-electron chi connectivity index (χ2n) is 3.77. The van der Waals surface area contributed by atoms with E-state index in [1.807, 2.05) is 6.92 Å². The number of aldehydes is 1. The van der Waals surface area contributed by atoms with Crippen molar-refractivity contribution in [3.05, 3.63) is 11.6 Å². The molecule has 0 N–H and O–H groups in total. The van der Waals surface area contributed by atoms with Crippen LogP contribution in [-0.4, -0.2) is 6.29 Å². The van der Waals surface area contributed by atoms with Crippen LogP contribution in [0.1, 0.15) is 33.6 Å². The molecule has 0 bridgehead atoms. The van der Waals surface area contributed by atoms with Gasteiger partial charge in [0.2, 0.25) is 0 Å². The molecule has 0 heterocycles. The lowest BCUT2D eigenvalue weighted by atomic mass is 9.69. The van der Waals surface area contributed by atoms with Crippen LogP contribution in [0.3, 0.4) is 0 Å². The van der Waals surface area contributed by atoms with Crippen molar-refractivity contribution < 1.29 is 4.79 Å². The first-order valence-corrected chi connectivity index (χ1v) is 4.25. The molecule has 0 amide bonds. The quantitative estimate of drug-likeness (QED) is 0.417. The first-order chi connectivity index (χ1) is 5.11. The molecule has 0 aromatic rings. The van der Waals surface area contributed by atoms with Gasteiger partial charge in [0.25, 0.3) is 0 Å². The van der Waals surface area contributed by atoms with Crippen LogP contribution in [-0.2, 0) is 4.79 Å². The first-order valence-electron chi connectivity index (χ1n) is 4.25. The second-order valence-corrected chi connectivity index (χ2v) is 3.77. The normalized spacial score (nSPS) is 38.1. The molecule has 62 valence electrons. The molecule has 0 saturated heterocycles. The summed E-state index contributed by atoms with van der Waals surface area (Å²) in [6.07, 6.45) is 5.57. The minimum atomic E-state index is -0.182. The van der Waals surface area contributed by atoms with Gasteiger partial charge in [0.15, 0.2) is 0 Å². The predicted octanol–water partition coefficient (Wildman–Crippen LogP) is 2.57. The maximum atomic E-state index is 10.9. The summed E-state index contributed by atoms with van der Waals surface area (Å²) in [7, 11) is 0. The van der Waals surface area contributed by atoms with Crippen molar-refractivity contribution >= 4 is 6.29 Å². The minimum Gasteiger partial charge on any atom is -0.302 e. The van der Waals surface area contributed by atoms with Crippen LogP contribution in [0, 0.1) is 11.3 Å². The summed E-state index contributed by atoms with van der Waals surface area (Å²) in [5.41, 5.74) is 1.06. The molecular formula is C10H16O. The summed E-state index contributed by atoms with van der Waals surface area (Å²) in [4.78, 5) is 10.9. The molecule has 11 heavy (non-hydrogen) atoms. The zero-order valence-corrected chi connectivity index (χ0v) is 7.55. The highest BCUT2D eigenvalue weighted by molar-refractivity contribution is 5.65. The Labute approximate surface area is 68.5 Å². The van der Waals surface area contributed by atoms with Gasteiger partial charge in [-0.3, -0.25) is 0 Å². The third kappa shape index (κ3) is 1.24. The lowest BCUT2D eigenvalue weighted by molar-refractivity contribution is -0.116. The summed E-state index contributed by atoms with van der Waals surface area (Å²) in [6, 6.07) is 0. The van der Waals surface area contributed by atoms with Gasteiger partial charge < -0.3 is 4.79 Å². The van der Waals surface area contributed by atoms with Crippen LogP contribution in [0.4, 0.5) is 0 Å². The van der Waals surface area contributed by atoms with E-state index in [9.17, 15) is 4.79 Å². The topological polar surface area (TPSA) is 17.1 Å². The van der Waals surface area contributed by atoms with Crippen LogP contribution in [0.5, 0.6) is 0 Å². The molecule has 0 aromatic heterocycles. The Morgan fingerprint density at radius 3 is 2.73 bits per heavy atom. The van der Waals surface area contributed by atoms with Gasteiger partial charge >= 0.3 is 0 Å². The molecule has 0 spiro atoms. The van der Waals surface area contributed by atoms with Gasteiger partial charge in [-0.25, -0.2) is 0 Å². The highest BCUT2D eigenvalue weighted by Gasteiger charge is 2.34. The molecular weight excluding hydrogens is 136 g/mol. The Morgan fingerprint density at radius 1 is 1.73 bits per heavy atom. The summed E-state index contributed by atoms with van der Waals surface area (Å²) < 4.78 is 0. The number of hydrogen-bond acceptors (Lipinski definition) is 1. The van der Waals surface area contributed by atoms with E-state index < -0.39 is 0 Å². The molecule has 0 aliphatic heterocycles. The molecule has 0 aromatic carbocycles. The number of carbonyl (C=O) groups is 1. The van der Waals surface area contributed by atoms with E-state index in [2.05, 4.69) is 19.9 Å². The molecule has 1 aliphatic carbocycles. The maximum Gasteiger partial charge on any atom is 0.130 e. The fourth-order valence-corrected chi connectivity index (χ4v) is 1.67. The van der Waals surface area contributed by atoms with E-state index in [0.717, 1.165) is 19.1 Å². The minimum absolute atomic E-state index is 0.182. The molecule has 0 saturated carbocycles. The van der Waals surface area contributed by atoms with Crippen molar-refractivity contribution in [2.75, 3.05) is 0 Å². The van der Waals surface area contributed by atoms with Crippen LogP contribution >= 0.6 is 0 Å².